The number of carbonyl (C=O) groups is 1. The summed E-state index contributed by atoms with van der Waals surface area (Å²) in [7, 11) is 0. The molecular formula is C9H11BrN2O. The molecule has 0 aromatic heterocycles. The van der Waals surface area contributed by atoms with Gasteiger partial charge in [-0.15, -0.1) is 0 Å². The Morgan fingerprint density at radius 3 is 2.62 bits per heavy atom. The van der Waals surface area contributed by atoms with Crippen LogP contribution < -0.4 is 11.5 Å². The molecule has 1 rings (SSSR count). The lowest BCUT2D eigenvalue weighted by Crippen LogP contribution is -2.38. The second-order valence-electron chi connectivity index (χ2n) is 2.80. The lowest BCUT2D eigenvalue weighted by molar-refractivity contribution is -0.119. The summed E-state index contributed by atoms with van der Waals surface area (Å²) < 4.78 is 0.951. The van der Waals surface area contributed by atoms with Crippen molar-refractivity contribution in [2.45, 2.75) is 12.5 Å². The van der Waals surface area contributed by atoms with Crippen molar-refractivity contribution in [3.05, 3.63) is 34.3 Å². The molecule has 1 aromatic carbocycles. The molecule has 0 spiro atoms. The third kappa shape index (κ3) is 2.82. The maximum Gasteiger partial charge on any atom is 0.234 e. The number of carbonyl (C=O) groups excluding carboxylic acids is 1. The molecule has 1 atom stereocenters. The topological polar surface area (TPSA) is 69.1 Å². The van der Waals surface area contributed by atoms with E-state index in [1.165, 1.54) is 0 Å². The van der Waals surface area contributed by atoms with Crippen LogP contribution in [0.15, 0.2) is 28.7 Å². The summed E-state index contributed by atoms with van der Waals surface area (Å²) in [5.41, 5.74) is 11.6. The van der Waals surface area contributed by atoms with Gasteiger partial charge in [0.25, 0.3) is 0 Å². The van der Waals surface area contributed by atoms with E-state index in [1.54, 1.807) is 0 Å². The van der Waals surface area contributed by atoms with E-state index in [2.05, 4.69) is 15.9 Å². The molecule has 0 bridgehead atoms. The molecule has 0 saturated heterocycles. The van der Waals surface area contributed by atoms with Crippen molar-refractivity contribution in [1.29, 1.82) is 0 Å². The Kier molecular flexibility index (Phi) is 3.45. The fourth-order valence-corrected chi connectivity index (χ4v) is 1.45. The standard InChI is InChI=1S/C9H11BrN2O/c10-7-4-2-1-3-6(7)5-8(11)9(12)13/h1-4,8H,5,11H2,(H2,12,13). The van der Waals surface area contributed by atoms with Crippen molar-refractivity contribution in [3.63, 3.8) is 0 Å². The van der Waals surface area contributed by atoms with E-state index in [1.807, 2.05) is 24.3 Å². The smallest absolute Gasteiger partial charge is 0.234 e. The van der Waals surface area contributed by atoms with Crippen LogP contribution in [0.25, 0.3) is 0 Å². The number of rotatable bonds is 3. The SMILES string of the molecule is NC(=O)C(N)Cc1ccccc1Br. The Morgan fingerprint density at radius 1 is 1.46 bits per heavy atom. The van der Waals surface area contributed by atoms with Crippen LogP contribution in [0, 0.1) is 0 Å². The Hall–Kier alpha value is -0.870. The Morgan fingerprint density at radius 2 is 2.08 bits per heavy atom. The first-order chi connectivity index (χ1) is 6.11. The van der Waals surface area contributed by atoms with Gasteiger partial charge in [0.15, 0.2) is 0 Å². The Labute approximate surface area is 85.2 Å². The van der Waals surface area contributed by atoms with Gasteiger partial charge < -0.3 is 11.5 Å². The van der Waals surface area contributed by atoms with Crippen molar-refractivity contribution in [2.24, 2.45) is 11.5 Å². The molecule has 1 unspecified atom stereocenters. The predicted octanol–water partition coefficient (Wildman–Crippen LogP) is 0.804. The molecule has 4 N–H and O–H groups in total. The maximum atomic E-state index is 10.7. The number of nitrogens with two attached hydrogens (primary N) is 2. The van der Waals surface area contributed by atoms with Crippen LogP contribution in [-0.2, 0) is 11.2 Å². The van der Waals surface area contributed by atoms with E-state index in [0.29, 0.717) is 6.42 Å². The summed E-state index contributed by atoms with van der Waals surface area (Å²) in [4.78, 5) is 10.7. The van der Waals surface area contributed by atoms with Crippen molar-refractivity contribution >= 4 is 21.8 Å². The van der Waals surface area contributed by atoms with Gasteiger partial charge in [-0.3, -0.25) is 4.79 Å². The van der Waals surface area contributed by atoms with Crippen LogP contribution in [0.2, 0.25) is 0 Å². The molecule has 0 aliphatic heterocycles. The van der Waals surface area contributed by atoms with Gasteiger partial charge in [-0.1, -0.05) is 34.1 Å². The molecule has 0 saturated carbocycles. The quantitative estimate of drug-likeness (QED) is 0.824. The highest BCUT2D eigenvalue weighted by Crippen LogP contribution is 2.16. The Bertz CT molecular complexity index is 314. The minimum absolute atomic E-state index is 0.469. The lowest BCUT2D eigenvalue weighted by atomic mass is 10.1. The summed E-state index contributed by atoms with van der Waals surface area (Å²) in [6.07, 6.45) is 0.469. The zero-order valence-corrected chi connectivity index (χ0v) is 8.62. The molecule has 0 heterocycles. The van der Waals surface area contributed by atoms with Gasteiger partial charge in [-0.2, -0.15) is 0 Å². The number of hydrogen-bond acceptors (Lipinski definition) is 2. The zero-order chi connectivity index (χ0) is 9.84. The lowest BCUT2D eigenvalue weighted by Gasteiger charge is -2.08. The highest BCUT2D eigenvalue weighted by molar-refractivity contribution is 9.10. The van der Waals surface area contributed by atoms with Gasteiger partial charge >= 0.3 is 0 Å². The number of halogens is 1. The molecule has 70 valence electrons. The average molecular weight is 243 g/mol. The van der Waals surface area contributed by atoms with E-state index in [4.69, 9.17) is 11.5 Å². The van der Waals surface area contributed by atoms with Crippen LogP contribution in [0.1, 0.15) is 5.56 Å². The molecule has 0 aliphatic rings. The summed E-state index contributed by atoms with van der Waals surface area (Å²) in [5, 5.41) is 0. The van der Waals surface area contributed by atoms with E-state index >= 15 is 0 Å². The van der Waals surface area contributed by atoms with Gasteiger partial charge in [-0.05, 0) is 18.1 Å². The molecule has 1 aromatic rings. The highest BCUT2D eigenvalue weighted by Gasteiger charge is 2.11. The fourth-order valence-electron chi connectivity index (χ4n) is 1.00. The van der Waals surface area contributed by atoms with Gasteiger partial charge in [0.1, 0.15) is 0 Å². The molecule has 4 heteroatoms. The van der Waals surface area contributed by atoms with Crippen LogP contribution >= 0.6 is 15.9 Å². The van der Waals surface area contributed by atoms with Gasteiger partial charge in [-0.25, -0.2) is 0 Å². The minimum Gasteiger partial charge on any atom is -0.368 e. The minimum atomic E-state index is -0.612. The predicted molar refractivity (Wildman–Crippen MR) is 55.0 cm³/mol. The summed E-state index contributed by atoms with van der Waals surface area (Å²) in [5.74, 6) is -0.476. The first kappa shape index (κ1) is 10.2. The third-order valence-corrected chi connectivity index (χ3v) is 2.54. The number of benzene rings is 1. The van der Waals surface area contributed by atoms with Crippen molar-refractivity contribution in [3.8, 4) is 0 Å². The number of primary amides is 1. The summed E-state index contributed by atoms with van der Waals surface area (Å²) in [6.45, 7) is 0. The second-order valence-corrected chi connectivity index (χ2v) is 3.66. The molecule has 0 fully saturated rings. The van der Waals surface area contributed by atoms with E-state index < -0.39 is 11.9 Å². The Balaban J connectivity index is 2.74. The maximum absolute atomic E-state index is 10.7. The molecule has 0 aliphatic carbocycles. The first-order valence-electron chi connectivity index (χ1n) is 3.89. The van der Waals surface area contributed by atoms with Crippen molar-refractivity contribution in [2.75, 3.05) is 0 Å². The second kappa shape index (κ2) is 4.39. The summed E-state index contributed by atoms with van der Waals surface area (Å²) in [6, 6.07) is 7.01. The van der Waals surface area contributed by atoms with Gasteiger partial charge in [0.05, 0.1) is 6.04 Å². The number of amides is 1. The number of hydrogen-bond donors (Lipinski definition) is 2. The fraction of sp³-hybridized carbons (Fsp3) is 0.222. The van der Waals surface area contributed by atoms with E-state index in [9.17, 15) is 4.79 Å². The van der Waals surface area contributed by atoms with Crippen molar-refractivity contribution < 1.29 is 4.79 Å². The highest BCUT2D eigenvalue weighted by atomic mass is 79.9. The monoisotopic (exact) mass is 242 g/mol. The van der Waals surface area contributed by atoms with Crippen LogP contribution in [-0.4, -0.2) is 11.9 Å². The average Bonchev–Trinajstić information content (AvgIpc) is 2.08. The molecular weight excluding hydrogens is 232 g/mol. The third-order valence-electron chi connectivity index (χ3n) is 1.76. The van der Waals surface area contributed by atoms with Crippen LogP contribution in [0.5, 0.6) is 0 Å². The molecule has 13 heavy (non-hydrogen) atoms. The van der Waals surface area contributed by atoms with Crippen LogP contribution in [0.3, 0.4) is 0 Å². The van der Waals surface area contributed by atoms with E-state index in [0.717, 1.165) is 10.0 Å². The normalized spacial score (nSPS) is 12.5. The van der Waals surface area contributed by atoms with Crippen molar-refractivity contribution in [1.82, 2.24) is 0 Å². The molecule has 0 radical (unpaired) electrons. The largest absolute Gasteiger partial charge is 0.368 e. The van der Waals surface area contributed by atoms with Gasteiger partial charge in [0, 0.05) is 4.47 Å². The van der Waals surface area contributed by atoms with Gasteiger partial charge in [0.2, 0.25) is 5.91 Å². The molecule has 3 nitrogen and oxygen atoms in total. The summed E-state index contributed by atoms with van der Waals surface area (Å²) >= 11 is 3.37. The molecule has 1 amide bonds. The zero-order valence-electron chi connectivity index (χ0n) is 7.03. The van der Waals surface area contributed by atoms with E-state index in [-0.39, 0.29) is 0 Å². The van der Waals surface area contributed by atoms with Crippen LogP contribution in [0.4, 0.5) is 0 Å². The first-order valence-corrected chi connectivity index (χ1v) is 4.69.